The lowest BCUT2D eigenvalue weighted by Crippen LogP contribution is -2.48. The van der Waals surface area contributed by atoms with E-state index in [2.05, 4.69) is 25.1 Å². The van der Waals surface area contributed by atoms with Crippen LogP contribution in [-0.4, -0.2) is 58.0 Å². The van der Waals surface area contributed by atoms with E-state index in [9.17, 15) is 28.0 Å². The number of anilines is 1. The lowest BCUT2D eigenvalue weighted by Gasteiger charge is -2.29. The standard InChI is InChI=1S/C26H20Cl2F3N7O3/c1-2-37(24(40)20-7-4-8-22(39)35-20)21-13-38(36-23(21)15-9-10-18(27)19(28)11-15)25(33-14-32)34-16-5-3-6-17(12-16)41-26(29,30)31/h3-12,21H,2,13H2,1H3,(H,33,34)(H,35,39). The molecule has 212 valence electrons. The Morgan fingerprint density at radius 2 is 1.98 bits per heavy atom. The molecule has 3 aromatic rings. The largest absolute Gasteiger partial charge is 0.573 e. The van der Waals surface area contributed by atoms with Crippen molar-refractivity contribution in [1.29, 1.82) is 5.26 Å². The van der Waals surface area contributed by atoms with Gasteiger partial charge in [0.1, 0.15) is 11.4 Å². The van der Waals surface area contributed by atoms with Crippen molar-refractivity contribution < 1.29 is 22.7 Å². The fourth-order valence-corrected chi connectivity index (χ4v) is 4.40. The third-order valence-corrected chi connectivity index (χ3v) is 6.55. The van der Waals surface area contributed by atoms with Gasteiger partial charge < -0.3 is 19.9 Å². The van der Waals surface area contributed by atoms with E-state index >= 15 is 0 Å². The molecule has 1 aliphatic heterocycles. The molecule has 2 aromatic carbocycles. The normalized spacial score (nSPS) is 15.2. The molecule has 0 spiro atoms. The number of hydrogen-bond donors (Lipinski definition) is 2. The van der Waals surface area contributed by atoms with Crippen molar-refractivity contribution in [3.8, 4) is 11.9 Å². The molecule has 1 unspecified atom stereocenters. The van der Waals surface area contributed by atoms with Crippen molar-refractivity contribution in [3.05, 3.63) is 92.3 Å². The number of nitrogens with one attached hydrogen (secondary N) is 2. The molecule has 1 atom stereocenters. The quantitative estimate of drug-likeness (QED) is 0.229. The van der Waals surface area contributed by atoms with Gasteiger partial charge >= 0.3 is 6.36 Å². The molecule has 0 radical (unpaired) electrons. The highest BCUT2D eigenvalue weighted by Crippen LogP contribution is 2.28. The molecular formula is C26H20Cl2F3N7O3. The summed E-state index contributed by atoms with van der Waals surface area (Å²) in [4.78, 5) is 33.1. The van der Waals surface area contributed by atoms with E-state index < -0.39 is 29.6 Å². The van der Waals surface area contributed by atoms with Crippen LogP contribution in [0.3, 0.4) is 0 Å². The number of nitriles is 1. The fraction of sp³-hybridized carbons (Fsp3) is 0.192. The van der Waals surface area contributed by atoms with Gasteiger partial charge in [0.05, 0.1) is 28.3 Å². The summed E-state index contributed by atoms with van der Waals surface area (Å²) in [6.45, 7) is 1.92. The molecule has 2 N–H and O–H groups in total. The van der Waals surface area contributed by atoms with Crippen molar-refractivity contribution in [3.63, 3.8) is 0 Å². The Kier molecular flexibility index (Phi) is 8.85. The topological polar surface area (TPSA) is 126 Å². The van der Waals surface area contributed by atoms with Crippen LogP contribution in [-0.2, 0) is 0 Å². The minimum atomic E-state index is -4.90. The molecule has 10 nitrogen and oxygen atoms in total. The van der Waals surface area contributed by atoms with E-state index in [0.717, 1.165) is 12.1 Å². The zero-order chi connectivity index (χ0) is 29.7. The number of alkyl halides is 3. The van der Waals surface area contributed by atoms with Gasteiger partial charge in [0.25, 0.3) is 5.91 Å². The number of rotatable bonds is 6. The smallest absolute Gasteiger partial charge is 0.406 e. The van der Waals surface area contributed by atoms with Crippen LogP contribution in [0.5, 0.6) is 5.75 Å². The van der Waals surface area contributed by atoms with Gasteiger partial charge in [0, 0.05) is 29.9 Å². The van der Waals surface area contributed by atoms with Crippen LogP contribution in [0.1, 0.15) is 23.0 Å². The molecule has 0 aliphatic carbocycles. The summed E-state index contributed by atoms with van der Waals surface area (Å²) in [5, 5.41) is 18.6. The number of halogens is 5. The summed E-state index contributed by atoms with van der Waals surface area (Å²) in [7, 11) is 0. The minimum Gasteiger partial charge on any atom is -0.406 e. The lowest BCUT2D eigenvalue weighted by molar-refractivity contribution is -0.274. The number of nitrogens with zero attached hydrogens (tertiary/aromatic N) is 5. The van der Waals surface area contributed by atoms with E-state index in [1.165, 1.54) is 40.2 Å². The predicted molar refractivity (Wildman–Crippen MR) is 147 cm³/mol. The maximum Gasteiger partial charge on any atom is 0.573 e. The Morgan fingerprint density at radius 1 is 1.22 bits per heavy atom. The zero-order valence-corrected chi connectivity index (χ0v) is 22.6. The van der Waals surface area contributed by atoms with E-state index in [0.29, 0.717) is 16.3 Å². The summed E-state index contributed by atoms with van der Waals surface area (Å²) in [5.41, 5.74) is 0.593. The number of hydrazone groups is 1. The van der Waals surface area contributed by atoms with Crippen LogP contribution in [0.2, 0.25) is 10.0 Å². The summed E-state index contributed by atoms with van der Waals surface area (Å²) in [6.07, 6.45) is -3.25. The Labute approximate surface area is 241 Å². The second-order valence-corrected chi connectivity index (χ2v) is 9.28. The molecule has 0 saturated carbocycles. The van der Waals surface area contributed by atoms with Crippen molar-refractivity contribution >= 4 is 46.5 Å². The minimum absolute atomic E-state index is 0.0154. The van der Waals surface area contributed by atoms with Crippen LogP contribution >= 0.6 is 23.2 Å². The maximum atomic E-state index is 13.5. The summed E-state index contributed by atoms with van der Waals surface area (Å²) < 4.78 is 42.1. The van der Waals surface area contributed by atoms with Gasteiger partial charge in [-0.25, -0.2) is 5.01 Å². The molecule has 15 heteroatoms. The number of carbonyl (C=O) groups is 1. The molecule has 1 aromatic heterocycles. The highest BCUT2D eigenvalue weighted by atomic mass is 35.5. The van der Waals surface area contributed by atoms with Gasteiger partial charge in [-0.3, -0.25) is 9.59 Å². The SMILES string of the molecule is CCN(C(=O)c1cccc(=O)[nH]1)C1CN(C(=NC#N)Nc2cccc(OC(F)(F)F)c2)N=C1c1ccc(Cl)c(Cl)c1. The van der Waals surface area contributed by atoms with Gasteiger partial charge in [-0.1, -0.05) is 41.4 Å². The third kappa shape index (κ3) is 7.16. The van der Waals surface area contributed by atoms with Crippen molar-refractivity contribution in [1.82, 2.24) is 14.9 Å². The Morgan fingerprint density at radius 3 is 2.63 bits per heavy atom. The number of likely N-dealkylation sites (N-methyl/N-ethyl adjacent to an activating group) is 1. The highest BCUT2D eigenvalue weighted by Gasteiger charge is 2.37. The number of ether oxygens (including phenoxy) is 1. The first kappa shape index (κ1) is 29.4. The number of aromatic nitrogens is 1. The number of aliphatic imine (C=N–C) groups is 1. The first-order valence-electron chi connectivity index (χ1n) is 11.9. The van der Waals surface area contributed by atoms with Crippen LogP contribution in [0, 0.1) is 11.5 Å². The number of amides is 1. The molecule has 41 heavy (non-hydrogen) atoms. The van der Waals surface area contributed by atoms with E-state index in [1.807, 2.05) is 0 Å². The molecule has 0 fully saturated rings. The molecule has 1 aliphatic rings. The predicted octanol–water partition coefficient (Wildman–Crippen LogP) is 5.08. The van der Waals surface area contributed by atoms with Gasteiger partial charge in [0.15, 0.2) is 0 Å². The van der Waals surface area contributed by atoms with Crippen molar-refractivity contribution in [2.45, 2.75) is 19.3 Å². The maximum absolute atomic E-state index is 13.5. The number of guanidine groups is 1. The summed E-state index contributed by atoms with van der Waals surface area (Å²) >= 11 is 12.4. The van der Waals surface area contributed by atoms with Gasteiger partial charge in [-0.2, -0.15) is 10.4 Å². The van der Waals surface area contributed by atoms with E-state index in [4.69, 9.17) is 23.2 Å². The number of benzene rings is 2. The fourth-order valence-electron chi connectivity index (χ4n) is 4.10. The summed E-state index contributed by atoms with van der Waals surface area (Å²) in [5.74, 6) is -1.11. The molecule has 1 amide bonds. The highest BCUT2D eigenvalue weighted by molar-refractivity contribution is 6.42. The molecule has 2 heterocycles. The Hall–Kier alpha value is -4.54. The van der Waals surface area contributed by atoms with E-state index in [1.54, 1.807) is 31.3 Å². The van der Waals surface area contributed by atoms with Crippen molar-refractivity contribution in [2.24, 2.45) is 10.1 Å². The van der Waals surface area contributed by atoms with Crippen LogP contribution in [0.25, 0.3) is 0 Å². The third-order valence-electron chi connectivity index (χ3n) is 5.81. The first-order chi connectivity index (χ1) is 19.5. The monoisotopic (exact) mass is 605 g/mol. The molecule has 0 bridgehead atoms. The van der Waals surface area contributed by atoms with Crippen molar-refractivity contribution in [2.75, 3.05) is 18.4 Å². The number of aromatic amines is 1. The molecular weight excluding hydrogens is 586 g/mol. The van der Waals surface area contributed by atoms with Crippen LogP contribution < -0.4 is 15.6 Å². The number of hydrogen-bond acceptors (Lipinski definition) is 6. The lowest BCUT2D eigenvalue weighted by atomic mass is 10.0. The van der Waals surface area contributed by atoms with Gasteiger partial charge in [-0.15, -0.1) is 18.2 Å². The van der Waals surface area contributed by atoms with Crippen LogP contribution in [0.4, 0.5) is 18.9 Å². The van der Waals surface area contributed by atoms with Gasteiger partial charge in [0.2, 0.25) is 17.7 Å². The number of H-pyrrole nitrogens is 1. The zero-order valence-electron chi connectivity index (χ0n) is 21.1. The van der Waals surface area contributed by atoms with E-state index in [-0.39, 0.29) is 35.5 Å². The molecule has 4 rings (SSSR count). The van der Waals surface area contributed by atoms with Crippen LogP contribution in [0.15, 0.2) is 75.6 Å². The first-order valence-corrected chi connectivity index (χ1v) is 12.7. The number of pyridine rings is 1. The average molecular weight is 606 g/mol. The van der Waals surface area contributed by atoms with Gasteiger partial charge in [-0.05, 0) is 37.3 Å². The Bertz CT molecular complexity index is 1620. The summed E-state index contributed by atoms with van der Waals surface area (Å²) in [6, 6.07) is 13.2. The second kappa shape index (κ2) is 12.3. The Balaban J connectivity index is 1.72. The second-order valence-electron chi connectivity index (χ2n) is 8.47. The number of carbonyl (C=O) groups excluding carboxylic acids is 1. The average Bonchev–Trinajstić information content (AvgIpc) is 3.34. The molecule has 0 saturated heterocycles.